The summed E-state index contributed by atoms with van der Waals surface area (Å²) >= 11 is 0. The number of hydrogen-bond donors (Lipinski definition) is 2. The van der Waals surface area contributed by atoms with Gasteiger partial charge in [-0.05, 0) is 23.1 Å². The zero-order valence-corrected chi connectivity index (χ0v) is 22.1. The lowest BCUT2D eigenvalue weighted by Crippen LogP contribution is -2.45. The topological polar surface area (TPSA) is 77.0 Å². The number of hydrogen-bond acceptors (Lipinski definition) is 6. The molecular weight excluding hydrogens is 478 g/mol. The van der Waals surface area contributed by atoms with Gasteiger partial charge in [0.05, 0.1) is 26.4 Å². The molecule has 0 aliphatic rings. The maximum Gasteiger partial charge on any atom is 0.150 e. The minimum atomic E-state index is -1.04. The fourth-order valence-electron chi connectivity index (χ4n) is 3.93. The average molecular weight is 518 g/mol. The third-order valence-corrected chi connectivity index (χ3v) is 6.04. The number of ether oxygens (including phenoxy) is 3. The van der Waals surface area contributed by atoms with Gasteiger partial charge in [0.25, 0.3) is 0 Å². The minimum Gasteiger partial charge on any atom is -0.390 e. The van der Waals surface area contributed by atoms with Crippen LogP contribution in [0, 0.1) is 0 Å². The predicted molar refractivity (Wildman–Crippen MR) is 149 cm³/mol. The quantitative estimate of drug-likeness (QED) is 0.137. The van der Waals surface area contributed by atoms with E-state index in [4.69, 9.17) is 14.2 Å². The van der Waals surface area contributed by atoms with Crippen LogP contribution in [0.4, 0.5) is 0 Å². The van der Waals surface area contributed by atoms with Crippen molar-refractivity contribution >= 4 is 6.29 Å². The monoisotopic (exact) mass is 517 g/mol. The highest BCUT2D eigenvalue weighted by atomic mass is 16.6. The molecule has 0 heterocycles. The van der Waals surface area contributed by atoms with Crippen LogP contribution in [-0.4, -0.2) is 42.9 Å². The summed E-state index contributed by atoms with van der Waals surface area (Å²) in [5.41, 5.74) is 3.29. The number of aldehydes is 1. The molecule has 3 atom stereocenters. The van der Waals surface area contributed by atoms with E-state index in [0.29, 0.717) is 12.2 Å². The van der Waals surface area contributed by atoms with Crippen LogP contribution in [0.25, 0.3) is 0 Å². The number of aliphatic hydroxyl groups excluding tert-OH is 1. The molecule has 0 fully saturated rings. The maximum atomic E-state index is 12.3. The summed E-state index contributed by atoms with van der Waals surface area (Å²) in [6.45, 7) is 3.73. The molecule has 0 aromatic heterocycles. The second kappa shape index (κ2) is 17.3. The molecule has 3 aromatic carbocycles. The standard InChI is InChI=1S/C32H39NO5/c1-2-3-19-33-20-29(21-34)31(37-23-27-15-9-5-10-16-27)32(38-24-28-17-11-6-12-18-28)30(35)25-36-22-26-13-7-4-8-14-26/h4-18,20-21,30-33,35H,2-3,19,22-25H2,1H3/b29-20-/t30-,31-,32-/m1/s1. The molecule has 6 heteroatoms. The largest absolute Gasteiger partial charge is 0.390 e. The molecule has 0 saturated carbocycles. The van der Waals surface area contributed by atoms with Crippen molar-refractivity contribution in [2.75, 3.05) is 13.2 Å². The number of rotatable bonds is 18. The Morgan fingerprint density at radius 1 is 0.816 bits per heavy atom. The van der Waals surface area contributed by atoms with Gasteiger partial charge in [-0.3, -0.25) is 4.79 Å². The van der Waals surface area contributed by atoms with Crippen LogP contribution in [0.3, 0.4) is 0 Å². The summed E-state index contributed by atoms with van der Waals surface area (Å²) in [6, 6.07) is 29.2. The molecular formula is C32H39NO5. The lowest BCUT2D eigenvalue weighted by atomic mass is 10.0. The summed E-state index contributed by atoms with van der Waals surface area (Å²) in [4.78, 5) is 12.3. The van der Waals surface area contributed by atoms with E-state index in [1.807, 2.05) is 91.0 Å². The first kappa shape index (κ1) is 29.3. The summed E-state index contributed by atoms with van der Waals surface area (Å²) < 4.78 is 18.4. The Morgan fingerprint density at radius 2 is 1.34 bits per heavy atom. The van der Waals surface area contributed by atoms with Crippen LogP contribution in [0.15, 0.2) is 103 Å². The third-order valence-electron chi connectivity index (χ3n) is 6.04. The molecule has 0 radical (unpaired) electrons. The first-order valence-electron chi connectivity index (χ1n) is 13.2. The molecule has 6 nitrogen and oxygen atoms in total. The van der Waals surface area contributed by atoms with E-state index in [-0.39, 0.29) is 19.8 Å². The summed E-state index contributed by atoms with van der Waals surface area (Å²) in [6.07, 6.45) is 1.75. The van der Waals surface area contributed by atoms with Crippen LogP contribution >= 0.6 is 0 Å². The fraction of sp³-hybridized carbons (Fsp3) is 0.344. The lowest BCUT2D eigenvalue weighted by Gasteiger charge is -2.31. The fourth-order valence-corrected chi connectivity index (χ4v) is 3.93. The van der Waals surface area contributed by atoms with Crippen molar-refractivity contribution in [2.24, 2.45) is 0 Å². The second-order valence-corrected chi connectivity index (χ2v) is 9.12. The Bertz CT molecular complexity index is 1060. The van der Waals surface area contributed by atoms with E-state index >= 15 is 0 Å². The Balaban J connectivity index is 1.81. The van der Waals surface area contributed by atoms with E-state index in [1.165, 1.54) is 0 Å². The Labute approximate surface area is 226 Å². The molecule has 0 saturated heterocycles. The molecule has 0 spiro atoms. The SMILES string of the molecule is CCCCN/C=C(/C=O)[C@@H](OCc1ccccc1)[C@H](OCc1ccccc1)[C@H](O)COCc1ccccc1. The van der Waals surface area contributed by atoms with Gasteiger partial charge in [0.2, 0.25) is 0 Å². The van der Waals surface area contributed by atoms with Gasteiger partial charge in [-0.2, -0.15) is 0 Å². The van der Waals surface area contributed by atoms with Gasteiger partial charge < -0.3 is 24.6 Å². The zero-order valence-electron chi connectivity index (χ0n) is 22.1. The number of carbonyl (C=O) groups excluding carboxylic acids is 1. The number of benzene rings is 3. The number of carbonyl (C=O) groups is 1. The van der Waals surface area contributed by atoms with Crippen molar-refractivity contribution < 1.29 is 24.1 Å². The highest BCUT2D eigenvalue weighted by Crippen LogP contribution is 2.21. The Hall–Kier alpha value is -3.29. The van der Waals surface area contributed by atoms with E-state index in [0.717, 1.165) is 42.4 Å². The first-order chi connectivity index (χ1) is 18.7. The van der Waals surface area contributed by atoms with Gasteiger partial charge in [-0.1, -0.05) is 104 Å². The van der Waals surface area contributed by atoms with Crippen LogP contribution in [0.2, 0.25) is 0 Å². The van der Waals surface area contributed by atoms with E-state index < -0.39 is 18.3 Å². The van der Waals surface area contributed by atoms with Gasteiger partial charge in [-0.25, -0.2) is 0 Å². The number of nitrogens with one attached hydrogen (secondary N) is 1. The van der Waals surface area contributed by atoms with Gasteiger partial charge in [0.15, 0.2) is 0 Å². The molecule has 202 valence electrons. The van der Waals surface area contributed by atoms with Crippen LogP contribution in [0.1, 0.15) is 36.5 Å². The van der Waals surface area contributed by atoms with Crippen molar-refractivity contribution in [1.82, 2.24) is 5.32 Å². The zero-order chi connectivity index (χ0) is 26.8. The normalized spacial score (nSPS) is 14.0. The molecule has 3 rings (SSSR count). The van der Waals surface area contributed by atoms with Crippen LogP contribution in [-0.2, 0) is 38.8 Å². The third kappa shape index (κ3) is 10.2. The van der Waals surface area contributed by atoms with Crippen molar-refractivity contribution in [1.29, 1.82) is 0 Å². The number of unbranched alkanes of at least 4 members (excludes halogenated alkanes) is 1. The predicted octanol–water partition coefficient (Wildman–Crippen LogP) is 5.21. The van der Waals surface area contributed by atoms with Crippen molar-refractivity contribution in [3.05, 3.63) is 119 Å². The lowest BCUT2D eigenvalue weighted by molar-refractivity contribution is -0.139. The minimum absolute atomic E-state index is 0.0228. The molecule has 0 aliphatic heterocycles. The summed E-state index contributed by atoms with van der Waals surface area (Å²) in [5, 5.41) is 14.5. The summed E-state index contributed by atoms with van der Waals surface area (Å²) in [5.74, 6) is 0. The average Bonchev–Trinajstić information content (AvgIpc) is 2.97. The molecule has 0 aliphatic carbocycles. The molecule has 2 N–H and O–H groups in total. The van der Waals surface area contributed by atoms with Gasteiger partial charge in [-0.15, -0.1) is 0 Å². The van der Waals surface area contributed by atoms with Crippen LogP contribution < -0.4 is 5.32 Å². The van der Waals surface area contributed by atoms with Gasteiger partial charge in [0.1, 0.15) is 24.6 Å². The van der Waals surface area contributed by atoms with Crippen molar-refractivity contribution in [3.8, 4) is 0 Å². The van der Waals surface area contributed by atoms with Crippen molar-refractivity contribution in [3.63, 3.8) is 0 Å². The Kier molecular flexibility index (Phi) is 13.3. The molecule has 3 aromatic rings. The smallest absolute Gasteiger partial charge is 0.150 e. The van der Waals surface area contributed by atoms with E-state index in [2.05, 4.69) is 12.2 Å². The van der Waals surface area contributed by atoms with Gasteiger partial charge >= 0.3 is 0 Å². The first-order valence-corrected chi connectivity index (χ1v) is 13.2. The van der Waals surface area contributed by atoms with E-state index in [9.17, 15) is 9.90 Å². The highest BCUT2D eigenvalue weighted by Gasteiger charge is 2.33. The maximum absolute atomic E-state index is 12.3. The molecule has 0 amide bonds. The van der Waals surface area contributed by atoms with Crippen molar-refractivity contribution in [2.45, 2.75) is 57.9 Å². The van der Waals surface area contributed by atoms with Gasteiger partial charge in [0, 0.05) is 18.3 Å². The molecule has 0 unspecified atom stereocenters. The Morgan fingerprint density at radius 3 is 1.87 bits per heavy atom. The van der Waals surface area contributed by atoms with Crippen LogP contribution in [0.5, 0.6) is 0 Å². The summed E-state index contributed by atoms with van der Waals surface area (Å²) in [7, 11) is 0. The molecule has 0 bridgehead atoms. The molecule has 38 heavy (non-hydrogen) atoms. The highest BCUT2D eigenvalue weighted by molar-refractivity contribution is 5.74. The number of aliphatic hydroxyl groups is 1. The van der Waals surface area contributed by atoms with E-state index in [1.54, 1.807) is 6.20 Å². The second-order valence-electron chi connectivity index (χ2n) is 9.12.